The number of benzene rings is 2. The molecule has 0 radical (unpaired) electrons. The Morgan fingerprint density at radius 1 is 1.14 bits per heavy atom. The van der Waals surface area contributed by atoms with Crippen molar-refractivity contribution in [3.63, 3.8) is 0 Å². The minimum absolute atomic E-state index is 0.0486. The lowest BCUT2D eigenvalue weighted by atomic mass is 10.1. The summed E-state index contributed by atoms with van der Waals surface area (Å²) in [7, 11) is 0. The summed E-state index contributed by atoms with van der Waals surface area (Å²) < 4.78 is 0. The second kappa shape index (κ2) is 5.72. The lowest BCUT2D eigenvalue weighted by Crippen LogP contribution is -2.25. The summed E-state index contributed by atoms with van der Waals surface area (Å²) >= 11 is 0. The summed E-state index contributed by atoms with van der Waals surface area (Å²) in [6.07, 6.45) is 2.15. The zero-order valence-corrected chi connectivity index (χ0v) is 12.9. The second-order valence-corrected chi connectivity index (χ2v) is 5.92. The van der Waals surface area contributed by atoms with Crippen LogP contribution >= 0.6 is 0 Å². The normalized spacial score (nSPS) is 13.7. The maximum Gasteiger partial charge on any atom is 0.251 e. The molecule has 0 atom stereocenters. The first-order valence-corrected chi connectivity index (χ1v) is 7.58. The minimum Gasteiger partial charge on any atom is -0.397 e. The molecule has 0 bridgehead atoms. The van der Waals surface area contributed by atoms with Crippen molar-refractivity contribution in [1.29, 1.82) is 0 Å². The van der Waals surface area contributed by atoms with Crippen LogP contribution in [0.1, 0.15) is 34.3 Å². The summed E-state index contributed by atoms with van der Waals surface area (Å²) in [5, 5.41) is 6.31. The van der Waals surface area contributed by atoms with Crippen molar-refractivity contribution >= 4 is 23.0 Å². The highest BCUT2D eigenvalue weighted by atomic mass is 16.1. The van der Waals surface area contributed by atoms with Gasteiger partial charge in [-0.05, 0) is 62.1 Å². The van der Waals surface area contributed by atoms with Gasteiger partial charge in [0.1, 0.15) is 0 Å². The molecule has 114 valence electrons. The average Bonchev–Trinajstić information content (AvgIpc) is 3.29. The first kappa shape index (κ1) is 14.4. The zero-order chi connectivity index (χ0) is 15.7. The number of aryl methyl sites for hydroxylation is 1. The quantitative estimate of drug-likeness (QED) is 0.756. The van der Waals surface area contributed by atoms with Crippen molar-refractivity contribution in [2.45, 2.75) is 32.7 Å². The molecule has 1 amide bonds. The van der Waals surface area contributed by atoms with Gasteiger partial charge in [-0.25, -0.2) is 0 Å². The van der Waals surface area contributed by atoms with E-state index >= 15 is 0 Å². The number of rotatable bonds is 4. The van der Waals surface area contributed by atoms with E-state index in [-0.39, 0.29) is 5.91 Å². The van der Waals surface area contributed by atoms with Crippen LogP contribution in [-0.2, 0) is 0 Å². The molecule has 4 N–H and O–H groups in total. The van der Waals surface area contributed by atoms with Crippen molar-refractivity contribution < 1.29 is 4.79 Å². The van der Waals surface area contributed by atoms with Crippen molar-refractivity contribution in [2.75, 3.05) is 11.1 Å². The number of carbonyl (C=O) groups is 1. The Kier molecular flexibility index (Phi) is 3.75. The fraction of sp³-hybridized carbons (Fsp3) is 0.278. The number of nitrogens with two attached hydrogens (primary N) is 1. The zero-order valence-electron chi connectivity index (χ0n) is 12.9. The van der Waals surface area contributed by atoms with Crippen LogP contribution in [0, 0.1) is 13.8 Å². The van der Waals surface area contributed by atoms with Crippen LogP contribution < -0.4 is 16.4 Å². The predicted octanol–water partition coefficient (Wildman–Crippen LogP) is 3.52. The molecular weight excluding hydrogens is 274 g/mol. The van der Waals surface area contributed by atoms with Gasteiger partial charge in [0.05, 0.1) is 11.4 Å². The fourth-order valence-electron chi connectivity index (χ4n) is 2.35. The average molecular weight is 295 g/mol. The lowest BCUT2D eigenvalue weighted by Gasteiger charge is -2.14. The van der Waals surface area contributed by atoms with E-state index in [0.29, 0.717) is 17.3 Å². The summed E-state index contributed by atoms with van der Waals surface area (Å²) in [5.74, 6) is -0.0486. The molecule has 1 aliphatic carbocycles. The van der Waals surface area contributed by atoms with E-state index in [9.17, 15) is 4.79 Å². The molecule has 2 aromatic rings. The molecule has 22 heavy (non-hydrogen) atoms. The first-order valence-electron chi connectivity index (χ1n) is 7.58. The maximum atomic E-state index is 12.0. The highest BCUT2D eigenvalue weighted by molar-refractivity contribution is 5.96. The van der Waals surface area contributed by atoms with Gasteiger partial charge in [-0.2, -0.15) is 0 Å². The Labute approximate surface area is 130 Å². The molecule has 4 heteroatoms. The van der Waals surface area contributed by atoms with Crippen LogP contribution in [-0.4, -0.2) is 11.9 Å². The SMILES string of the molecule is Cc1cccc(Nc2ccc(C(=O)NC3CC3)cc2N)c1C. The molecule has 0 spiro atoms. The second-order valence-electron chi connectivity index (χ2n) is 5.92. The molecule has 0 aliphatic heterocycles. The van der Waals surface area contributed by atoms with Gasteiger partial charge in [-0.1, -0.05) is 12.1 Å². The third-order valence-electron chi connectivity index (χ3n) is 4.10. The van der Waals surface area contributed by atoms with Gasteiger partial charge in [0.15, 0.2) is 0 Å². The first-order chi connectivity index (χ1) is 10.5. The number of nitrogens with one attached hydrogen (secondary N) is 2. The van der Waals surface area contributed by atoms with Crippen LogP contribution in [0.15, 0.2) is 36.4 Å². The van der Waals surface area contributed by atoms with Crippen molar-refractivity contribution in [2.24, 2.45) is 0 Å². The van der Waals surface area contributed by atoms with E-state index in [4.69, 9.17) is 5.73 Å². The molecule has 4 nitrogen and oxygen atoms in total. The molecule has 0 unspecified atom stereocenters. The number of hydrogen-bond acceptors (Lipinski definition) is 3. The van der Waals surface area contributed by atoms with Crippen LogP contribution in [0.2, 0.25) is 0 Å². The summed E-state index contributed by atoms with van der Waals surface area (Å²) in [6.45, 7) is 4.15. The Balaban J connectivity index is 1.79. The molecular formula is C18H21N3O. The van der Waals surface area contributed by atoms with Gasteiger partial charge >= 0.3 is 0 Å². The predicted molar refractivity (Wildman–Crippen MR) is 90.5 cm³/mol. The Hall–Kier alpha value is -2.49. The Bertz CT molecular complexity index is 720. The van der Waals surface area contributed by atoms with Crippen molar-refractivity contribution in [3.05, 3.63) is 53.1 Å². The van der Waals surface area contributed by atoms with Gasteiger partial charge in [0.25, 0.3) is 5.91 Å². The topological polar surface area (TPSA) is 67.2 Å². The molecule has 3 rings (SSSR count). The highest BCUT2D eigenvalue weighted by Gasteiger charge is 2.23. The maximum absolute atomic E-state index is 12.0. The number of anilines is 3. The molecule has 2 aromatic carbocycles. The van der Waals surface area contributed by atoms with Gasteiger partial charge in [-0.3, -0.25) is 4.79 Å². The van der Waals surface area contributed by atoms with E-state index in [1.54, 1.807) is 6.07 Å². The summed E-state index contributed by atoms with van der Waals surface area (Å²) in [4.78, 5) is 12.0. The van der Waals surface area contributed by atoms with Crippen molar-refractivity contribution in [3.8, 4) is 0 Å². The number of amides is 1. The van der Waals surface area contributed by atoms with E-state index in [2.05, 4.69) is 30.5 Å². The van der Waals surface area contributed by atoms with Gasteiger partial charge in [-0.15, -0.1) is 0 Å². The van der Waals surface area contributed by atoms with Gasteiger partial charge in [0, 0.05) is 17.3 Å². The van der Waals surface area contributed by atoms with Crippen LogP contribution in [0.5, 0.6) is 0 Å². The van der Waals surface area contributed by atoms with Gasteiger partial charge < -0.3 is 16.4 Å². The van der Waals surface area contributed by atoms with E-state index in [0.717, 1.165) is 24.2 Å². The molecule has 1 aliphatic rings. The third-order valence-corrected chi connectivity index (χ3v) is 4.10. The number of hydrogen-bond donors (Lipinski definition) is 3. The Morgan fingerprint density at radius 3 is 2.59 bits per heavy atom. The van der Waals surface area contributed by atoms with E-state index < -0.39 is 0 Å². The standard InChI is InChI=1S/C18H21N3O/c1-11-4-3-5-16(12(11)2)21-17-9-6-13(10-15(17)19)18(22)20-14-7-8-14/h3-6,9-10,14,21H,7-8,19H2,1-2H3,(H,20,22). The third kappa shape index (κ3) is 3.06. The lowest BCUT2D eigenvalue weighted by molar-refractivity contribution is 0.0951. The molecule has 0 saturated heterocycles. The fourth-order valence-corrected chi connectivity index (χ4v) is 2.35. The smallest absolute Gasteiger partial charge is 0.251 e. The Morgan fingerprint density at radius 2 is 1.91 bits per heavy atom. The largest absolute Gasteiger partial charge is 0.397 e. The molecule has 1 saturated carbocycles. The monoisotopic (exact) mass is 295 g/mol. The van der Waals surface area contributed by atoms with E-state index in [1.165, 1.54) is 11.1 Å². The van der Waals surface area contributed by atoms with Crippen LogP contribution in [0.3, 0.4) is 0 Å². The molecule has 0 heterocycles. The van der Waals surface area contributed by atoms with Crippen molar-refractivity contribution in [1.82, 2.24) is 5.32 Å². The van der Waals surface area contributed by atoms with E-state index in [1.807, 2.05) is 24.3 Å². The number of carbonyl (C=O) groups excluding carboxylic acids is 1. The highest BCUT2D eigenvalue weighted by Crippen LogP contribution is 2.28. The van der Waals surface area contributed by atoms with Crippen LogP contribution in [0.25, 0.3) is 0 Å². The van der Waals surface area contributed by atoms with Gasteiger partial charge in [0.2, 0.25) is 0 Å². The molecule has 0 aromatic heterocycles. The minimum atomic E-state index is -0.0486. The van der Waals surface area contributed by atoms with Crippen LogP contribution in [0.4, 0.5) is 17.1 Å². The summed E-state index contributed by atoms with van der Waals surface area (Å²) in [6, 6.07) is 11.9. The number of nitrogen functional groups attached to an aromatic ring is 1. The molecule has 1 fully saturated rings. The summed E-state index contributed by atoms with van der Waals surface area (Å²) in [5.41, 5.74) is 11.5.